The summed E-state index contributed by atoms with van der Waals surface area (Å²) in [5.74, 6) is 0.103. The van der Waals surface area contributed by atoms with Gasteiger partial charge in [0.05, 0.1) is 6.10 Å². The fourth-order valence-electron chi connectivity index (χ4n) is 0.810. The quantitative estimate of drug-likeness (QED) is 0.652. The summed E-state index contributed by atoms with van der Waals surface area (Å²) in [5, 5.41) is 8.86. The summed E-state index contributed by atoms with van der Waals surface area (Å²) >= 11 is 0. The Bertz CT molecular complexity index is 161. The fourth-order valence-corrected chi connectivity index (χ4v) is 0.810. The van der Waals surface area contributed by atoms with E-state index in [1.165, 1.54) is 6.92 Å². The molecular weight excluding hydrogens is 156 g/mol. The van der Waals surface area contributed by atoms with Crippen molar-refractivity contribution in [1.29, 1.82) is 0 Å². The molecule has 0 saturated heterocycles. The molecule has 1 atom stereocenters. The normalized spacial score (nSPS) is 12.6. The number of hydrogen-bond acceptors (Lipinski definition) is 3. The topological polar surface area (TPSA) is 54.4 Å². The van der Waals surface area contributed by atoms with Gasteiger partial charge in [-0.2, -0.15) is 0 Å². The molecule has 0 saturated carbocycles. The molecule has 0 heterocycles. The summed E-state index contributed by atoms with van der Waals surface area (Å²) in [5.41, 5.74) is 0. The summed E-state index contributed by atoms with van der Waals surface area (Å²) < 4.78 is 0. The molecule has 0 aromatic rings. The summed E-state index contributed by atoms with van der Waals surface area (Å²) in [6.45, 7) is 3.13. The maximum Gasteiger partial charge on any atom is 0.133 e. The van der Waals surface area contributed by atoms with Gasteiger partial charge in [0.25, 0.3) is 0 Å². The molecule has 3 heteroatoms. The first-order valence-corrected chi connectivity index (χ1v) is 4.21. The molecule has 0 unspecified atom stereocenters. The van der Waals surface area contributed by atoms with E-state index in [1.807, 2.05) is 0 Å². The third-order valence-corrected chi connectivity index (χ3v) is 1.60. The molecule has 1 N–H and O–H groups in total. The number of Topliss-reactive ketones (excluding diaryl/α,β-unsaturated/α-hetero) is 2. The van der Waals surface area contributed by atoms with E-state index >= 15 is 0 Å². The van der Waals surface area contributed by atoms with Crippen molar-refractivity contribution in [3.8, 4) is 0 Å². The van der Waals surface area contributed by atoms with Crippen LogP contribution in [0.2, 0.25) is 0 Å². The lowest BCUT2D eigenvalue weighted by Crippen LogP contribution is -2.06. The first kappa shape index (κ1) is 11.3. The lowest BCUT2D eigenvalue weighted by atomic mass is 10.1. The Morgan fingerprint density at radius 3 is 2.25 bits per heavy atom. The Balaban J connectivity index is 3.40. The van der Waals surface area contributed by atoms with Crippen molar-refractivity contribution >= 4 is 11.6 Å². The molecule has 0 amide bonds. The lowest BCUT2D eigenvalue weighted by molar-refractivity contribution is -0.123. The number of ketones is 2. The highest BCUT2D eigenvalue weighted by atomic mass is 16.3. The minimum atomic E-state index is -0.425. The molecule has 0 fully saturated rings. The number of hydrogen-bond donors (Lipinski definition) is 1. The van der Waals surface area contributed by atoms with Gasteiger partial charge in [-0.05, 0) is 20.3 Å². The van der Waals surface area contributed by atoms with Crippen LogP contribution in [0, 0.1) is 0 Å². The van der Waals surface area contributed by atoms with Crippen LogP contribution in [0.5, 0.6) is 0 Å². The van der Waals surface area contributed by atoms with Crippen molar-refractivity contribution < 1.29 is 14.7 Å². The van der Waals surface area contributed by atoms with Crippen LogP contribution in [-0.2, 0) is 9.59 Å². The minimum Gasteiger partial charge on any atom is -0.393 e. The van der Waals surface area contributed by atoms with E-state index in [4.69, 9.17) is 5.11 Å². The largest absolute Gasteiger partial charge is 0.393 e. The molecule has 0 spiro atoms. The van der Waals surface area contributed by atoms with Crippen molar-refractivity contribution in [3.05, 3.63) is 0 Å². The number of carbonyl (C=O) groups is 2. The average Bonchev–Trinajstić information content (AvgIpc) is 1.96. The minimum absolute atomic E-state index is 0.0420. The third kappa shape index (κ3) is 7.41. The van der Waals surface area contributed by atoms with Gasteiger partial charge in [-0.15, -0.1) is 0 Å². The van der Waals surface area contributed by atoms with Gasteiger partial charge in [0, 0.05) is 19.3 Å². The Hall–Kier alpha value is -0.700. The molecule has 12 heavy (non-hydrogen) atoms. The molecule has 3 nitrogen and oxygen atoms in total. The van der Waals surface area contributed by atoms with Crippen LogP contribution >= 0.6 is 0 Å². The van der Waals surface area contributed by atoms with Crippen molar-refractivity contribution in [3.63, 3.8) is 0 Å². The van der Waals surface area contributed by atoms with Gasteiger partial charge < -0.3 is 9.90 Å². The van der Waals surface area contributed by atoms with Gasteiger partial charge in [0.15, 0.2) is 0 Å². The Kier molecular flexibility index (Phi) is 5.54. The molecule has 0 radical (unpaired) electrons. The van der Waals surface area contributed by atoms with E-state index in [0.717, 1.165) is 0 Å². The van der Waals surface area contributed by atoms with Crippen LogP contribution in [0.25, 0.3) is 0 Å². The van der Waals surface area contributed by atoms with Crippen LogP contribution in [0.3, 0.4) is 0 Å². The van der Waals surface area contributed by atoms with E-state index in [-0.39, 0.29) is 11.6 Å². The lowest BCUT2D eigenvalue weighted by Gasteiger charge is -2.01. The maximum absolute atomic E-state index is 11.0. The predicted octanol–water partition coefficient (Wildman–Crippen LogP) is 1.09. The zero-order chi connectivity index (χ0) is 9.56. The Morgan fingerprint density at radius 2 is 1.83 bits per heavy atom. The zero-order valence-electron chi connectivity index (χ0n) is 7.67. The van der Waals surface area contributed by atoms with E-state index < -0.39 is 6.10 Å². The highest BCUT2D eigenvalue weighted by Gasteiger charge is 2.05. The van der Waals surface area contributed by atoms with E-state index in [9.17, 15) is 9.59 Å². The van der Waals surface area contributed by atoms with Crippen LogP contribution in [0.4, 0.5) is 0 Å². The number of aliphatic hydroxyl groups excluding tert-OH is 1. The summed E-state index contributed by atoms with van der Waals surface area (Å²) in [7, 11) is 0. The summed E-state index contributed by atoms with van der Waals surface area (Å²) in [6.07, 6.45) is 1.11. The van der Waals surface area contributed by atoms with Gasteiger partial charge in [0.2, 0.25) is 0 Å². The second kappa shape index (κ2) is 5.89. The molecule has 0 bridgehead atoms. The van der Waals surface area contributed by atoms with Crippen LogP contribution in [0.15, 0.2) is 0 Å². The number of rotatable bonds is 6. The number of aliphatic hydroxyl groups is 1. The molecule has 70 valence electrons. The van der Waals surface area contributed by atoms with E-state index in [0.29, 0.717) is 25.7 Å². The standard InChI is InChI=1S/C9H16O3/c1-7(10)3-5-9(12)6-4-8(2)11/h7,10H,3-6H2,1-2H3/t7-/m1/s1. The Morgan fingerprint density at radius 1 is 1.25 bits per heavy atom. The zero-order valence-corrected chi connectivity index (χ0v) is 7.67. The van der Waals surface area contributed by atoms with Crippen LogP contribution in [0.1, 0.15) is 39.5 Å². The first-order chi connectivity index (χ1) is 5.52. The van der Waals surface area contributed by atoms with Crippen LogP contribution in [-0.4, -0.2) is 22.8 Å². The summed E-state index contributed by atoms with van der Waals surface area (Å²) in [4.78, 5) is 21.5. The van der Waals surface area contributed by atoms with Gasteiger partial charge in [-0.3, -0.25) is 4.79 Å². The van der Waals surface area contributed by atoms with Crippen molar-refractivity contribution in [2.45, 2.75) is 45.6 Å². The smallest absolute Gasteiger partial charge is 0.133 e. The monoisotopic (exact) mass is 172 g/mol. The first-order valence-electron chi connectivity index (χ1n) is 4.21. The van der Waals surface area contributed by atoms with Gasteiger partial charge in [0.1, 0.15) is 11.6 Å². The summed E-state index contributed by atoms with van der Waals surface area (Å²) in [6, 6.07) is 0. The molecule has 0 aliphatic rings. The average molecular weight is 172 g/mol. The maximum atomic E-state index is 11.0. The van der Waals surface area contributed by atoms with Gasteiger partial charge >= 0.3 is 0 Å². The Labute approximate surface area is 72.8 Å². The van der Waals surface area contributed by atoms with Gasteiger partial charge in [-0.25, -0.2) is 0 Å². The van der Waals surface area contributed by atoms with Crippen molar-refractivity contribution in [1.82, 2.24) is 0 Å². The molecular formula is C9H16O3. The molecule has 0 rings (SSSR count). The molecule has 0 aromatic carbocycles. The van der Waals surface area contributed by atoms with Gasteiger partial charge in [-0.1, -0.05) is 0 Å². The fraction of sp³-hybridized carbons (Fsp3) is 0.778. The SMILES string of the molecule is CC(=O)CCC(=O)CC[C@@H](C)O. The second-order valence-corrected chi connectivity index (χ2v) is 3.13. The highest BCUT2D eigenvalue weighted by Crippen LogP contribution is 2.01. The van der Waals surface area contributed by atoms with Crippen LogP contribution < -0.4 is 0 Å². The van der Waals surface area contributed by atoms with Crippen molar-refractivity contribution in [2.24, 2.45) is 0 Å². The number of carbonyl (C=O) groups excluding carboxylic acids is 2. The van der Waals surface area contributed by atoms with E-state index in [1.54, 1.807) is 6.92 Å². The highest BCUT2D eigenvalue weighted by molar-refractivity contribution is 5.84. The van der Waals surface area contributed by atoms with Crippen molar-refractivity contribution in [2.75, 3.05) is 0 Å². The third-order valence-electron chi connectivity index (χ3n) is 1.60. The predicted molar refractivity (Wildman–Crippen MR) is 45.8 cm³/mol. The molecule has 0 aromatic heterocycles. The molecule has 0 aliphatic heterocycles. The van der Waals surface area contributed by atoms with E-state index in [2.05, 4.69) is 0 Å². The second-order valence-electron chi connectivity index (χ2n) is 3.13. The molecule has 0 aliphatic carbocycles.